The number of carbonyl (C=O) groups is 3. The first kappa shape index (κ1) is 12.4. The third kappa shape index (κ3) is 2.46. The largest absolute Gasteiger partial charge is 0.339 e. The molecule has 2 unspecified atom stereocenters. The summed E-state index contributed by atoms with van der Waals surface area (Å²) in [5.41, 5.74) is 0. The van der Waals surface area contributed by atoms with E-state index in [1.165, 1.54) is 6.92 Å². The van der Waals surface area contributed by atoms with Crippen molar-refractivity contribution in [1.82, 2.24) is 15.5 Å². The number of nitrogens with zero attached hydrogens (tertiary/aromatic N) is 1. The summed E-state index contributed by atoms with van der Waals surface area (Å²) in [5.74, 6) is -1.28. The van der Waals surface area contributed by atoms with Crippen LogP contribution in [0.1, 0.15) is 13.8 Å². The van der Waals surface area contributed by atoms with Gasteiger partial charge in [-0.2, -0.15) is 0 Å². The van der Waals surface area contributed by atoms with E-state index in [1.54, 1.807) is 14.0 Å². The molecule has 0 saturated carbocycles. The Morgan fingerprint density at radius 2 is 1.75 bits per heavy atom. The molecule has 3 amide bonds. The standard InChI is InChI=1S/C10H15N3O3/c1-6(10(16)12-7(2)11-3)13-8(14)4-5-9(13)15/h4-7,11H,1-3H3,(H,12,16). The fourth-order valence-electron chi connectivity index (χ4n) is 1.32. The van der Waals surface area contributed by atoms with Crippen LogP contribution in [-0.4, -0.2) is 41.9 Å². The van der Waals surface area contributed by atoms with Crippen LogP contribution in [0.3, 0.4) is 0 Å². The first-order valence-corrected chi connectivity index (χ1v) is 5.00. The third-order valence-electron chi connectivity index (χ3n) is 2.40. The van der Waals surface area contributed by atoms with Gasteiger partial charge in [-0.05, 0) is 20.9 Å². The average Bonchev–Trinajstić information content (AvgIpc) is 2.57. The Labute approximate surface area is 93.7 Å². The number of carbonyl (C=O) groups excluding carboxylic acids is 3. The molecule has 0 aromatic rings. The molecule has 6 nitrogen and oxygen atoms in total. The van der Waals surface area contributed by atoms with Crippen molar-refractivity contribution in [2.45, 2.75) is 26.1 Å². The summed E-state index contributed by atoms with van der Waals surface area (Å²) < 4.78 is 0. The minimum atomic E-state index is -0.800. The van der Waals surface area contributed by atoms with Gasteiger partial charge in [0.25, 0.3) is 11.8 Å². The highest BCUT2D eigenvalue weighted by Gasteiger charge is 2.32. The van der Waals surface area contributed by atoms with Gasteiger partial charge in [0.15, 0.2) is 0 Å². The minimum Gasteiger partial charge on any atom is -0.339 e. The van der Waals surface area contributed by atoms with Gasteiger partial charge in [-0.3, -0.25) is 19.3 Å². The lowest BCUT2D eigenvalue weighted by Crippen LogP contribution is -2.52. The summed E-state index contributed by atoms with van der Waals surface area (Å²) in [6, 6.07) is -0.800. The normalized spacial score (nSPS) is 18.8. The summed E-state index contributed by atoms with van der Waals surface area (Å²) in [6.45, 7) is 3.27. The van der Waals surface area contributed by atoms with E-state index < -0.39 is 17.9 Å². The van der Waals surface area contributed by atoms with Crippen LogP contribution < -0.4 is 10.6 Å². The molecule has 2 atom stereocenters. The van der Waals surface area contributed by atoms with Gasteiger partial charge in [-0.25, -0.2) is 0 Å². The van der Waals surface area contributed by atoms with Crippen molar-refractivity contribution < 1.29 is 14.4 Å². The Morgan fingerprint density at radius 1 is 1.25 bits per heavy atom. The lowest BCUT2D eigenvalue weighted by molar-refractivity contribution is -0.145. The van der Waals surface area contributed by atoms with Gasteiger partial charge in [0.05, 0.1) is 6.17 Å². The van der Waals surface area contributed by atoms with Crippen molar-refractivity contribution in [3.8, 4) is 0 Å². The van der Waals surface area contributed by atoms with Gasteiger partial charge < -0.3 is 10.6 Å². The monoisotopic (exact) mass is 225 g/mol. The van der Waals surface area contributed by atoms with Gasteiger partial charge in [0.1, 0.15) is 6.04 Å². The van der Waals surface area contributed by atoms with Crippen LogP contribution in [0.2, 0.25) is 0 Å². The molecule has 1 aliphatic rings. The number of imide groups is 1. The molecule has 16 heavy (non-hydrogen) atoms. The quantitative estimate of drug-likeness (QED) is 0.474. The molecule has 0 radical (unpaired) electrons. The number of rotatable bonds is 4. The second-order valence-corrected chi connectivity index (χ2v) is 3.57. The predicted molar refractivity (Wildman–Crippen MR) is 57.1 cm³/mol. The van der Waals surface area contributed by atoms with Crippen molar-refractivity contribution in [3.05, 3.63) is 12.2 Å². The molecule has 0 aliphatic carbocycles. The maximum absolute atomic E-state index is 11.7. The van der Waals surface area contributed by atoms with E-state index in [-0.39, 0.29) is 12.1 Å². The molecule has 0 aromatic carbocycles. The lowest BCUT2D eigenvalue weighted by atomic mass is 10.2. The smallest absolute Gasteiger partial charge is 0.254 e. The van der Waals surface area contributed by atoms with E-state index in [9.17, 15) is 14.4 Å². The van der Waals surface area contributed by atoms with Crippen LogP contribution in [0.5, 0.6) is 0 Å². The molecular formula is C10H15N3O3. The molecule has 0 saturated heterocycles. The second kappa shape index (κ2) is 4.89. The fraction of sp³-hybridized carbons (Fsp3) is 0.500. The molecule has 1 heterocycles. The van der Waals surface area contributed by atoms with Crippen molar-refractivity contribution in [2.75, 3.05) is 7.05 Å². The zero-order valence-electron chi connectivity index (χ0n) is 9.48. The second-order valence-electron chi connectivity index (χ2n) is 3.57. The number of hydrogen-bond donors (Lipinski definition) is 2. The van der Waals surface area contributed by atoms with Crippen LogP contribution >= 0.6 is 0 Å². The Hall–Kier alpha value is -1.69. The van der Waals surface area contributed by atoms with Crippen LogP contribution in [0.25, 0.3) is 0 Å². The maximum Gasteiger partial charge on any atom is 0.254 e. The van der Waals surface area contributed by atoms with Crippen LogP contribution in [0.4, 0.5) is 0 Å². The topological polar surface area (TPSA) is 78.5 Å². The van der Waals surface area contributed by atoms with E-state index in [1.807, 2.05) is 0 Å². The molecule has 88 valence electrons. The Bertz CT molecular complexity index is 333. The van der Waals surface area contributed by atoms with Gasteiger partial charge >= 0.3 is 0 Å². The van der Waals surface area contributed by atoms with Crippen molar-refractivity contribution >= 4 is 17.7 Å². The minimum absolute atomic E-state index is 0.212. The van der Waals surface area contributed by atoms with Crippen LogP contribution in [0.15, 0.2) is 12.2 Å². The zero-order chi connectivity index (χ0) is 12.3. The van der Waals surface area contributed by atoms with Crippen molar-refractivity contribution in [3.63, 3.8) is 0 Å². The zero-order valence-corrected chi connectivity index (χ0v) is 9.48. The Morgan fingerprint density at radius 3 is 2.19 bits per heavy atom. The summed E-state index contributed by atoms with van der Waals surface area (Å²) in [5, 5.41) is 5.45. The van der Waals surface area contributed by atoms with E-state index in [0.717, 1.165) is 17.1 Å². The molecule has 6 heteroatoms. The van der Waals surface area contributed by atoms with Gasteiger partial charge in [-0.15, -0.1) is 0 Å². The number of amides is 3. The highest BCUT2D eigenvalue weighted by molar-refractivity contribution is 6.15. The summed E-state index contributed by atoms with van der Waals surface area (Å²) >= 11 is 0. The summed E-state index contributed by atoms with van der Waals surface area (Å²) in [6.07, 6.45) is 2.11. The molecule has 2 N–H and O–H groups in total. The van der Waals surface area contributed by atoms with Gasteiger partial charge in [0.2, 0.25) is 5.91 Å². The van der Waals surface area contributed by atoms with Gasteiger partial charge in [0, 0.05) is 12.2 Å². The third-order valence-corrected chi connectivity index (χ3v) is 2.40. The summed E-state index contributed by atoms with van der Waals surface area (Å²) in [7, 11) is 1.70. The molecular weight excluding hydrogens is 210 g/mol. The highest BCUT2D eigenvalue weighted by atomic mass is 16.2. The molecule has 0 bridgehead atoms. The first-order valence-electron chi connectivity index (χ1n) is 5.00. The number of hydrogen-bond acceptors (Lipinski definition) is 4. The van der Waals surface area contributed by atoms with E-state index in [4.69, 9.17) is 0 Å². The Balaban J connectivity index is 2.64. The predicted octanol–water partition coefficient (Wildman–Crippen LogP) is -1.02. The average molecular weight is 225 g/mol. The van der Waals surface area contributed by atoms with Crippen LogP contribution in [-0.2, 0) is 14.4 Å². The maximum atomic E-state index is 11.7. The summed E-state index contributed by atoms with van der Waals surface area (Å²) in [4.78, 5) is 35.2. The number of nitrogens with one attached hydrogen (secondary N) is 2. The van der Waals surface area contributed by atoms with Gasteiger partial charge in [-0.1, -0.05) is 0 Å². The molecule has 0 fully saturated rings. The molecule has 0 aromatic heterocycles. The van der Waals surface area contributed by atoms with Crippen molar-refractivity contribution in [2.24, 2.45) is 0 Å². The Kier molecular flexibility index (Phi) is 3.78. The first-order chi connectivity index (χ1) is 7.47. The highest BCUT2D eigenvalue weighted by Crippen LogP contribution is 2.08. The van der Waals surface area contributed by atoms with E-state index in [2.05, 4.69) is 10.6 Å². The molecule has 0 spiro atoms. The lowest BCUT2D eigenvalue weighted by Gasteiger charge is -2.23. The SMILES string of the molecule is CNC(C)NC(=O)C(C)N1C(=O)C=CC1=O. The van der Waals surface area contributed by atoms with E-state index in [0.29, 0.717) is 0 Å². The van der Waals surface area contributed by atoms with Crippen molar-refractivity contribution in [1.29, 1.82) is 0 Å². The fourth-order valence-corrected chi connectivity index (χ4v) is 1.32. The van der Waals surface area contributed by atoms with Crippen LogP contribution in [0, 0.1) is 0 Å². The molecule has 1 rings (SSSR count). The van der Waals surface area contributed by atoms with E-state index >= 15 is 0 Å². The molecule has 1 aliphatic heterocycles.